The quantitative estimate of drug-likeness (QED) is 0.543. The molecule has 0 radical (unpaired) electrons. The van der Waals surface area contributed by atoms with Crippen LogP contribution in [0.25, 0.3) is 16.5 Å². The van der Waals surface area contributed by atoms with E-state index in [9.17, 15) is 30.3 Å². The Morgan fingerprint density at radius 2 is 1.95 bits per heavy atom. The van der Waals surface area contributed by atoms with Crippen molar-refractivity contribution in [2.45, 2.75) is 0 Å². The van der Waals surface area contributed by atoms with Gasteiger partial charge in [-0.2, -0.15) is 4.92 Å². The third-order valence-electron chi connectivity index (χ3n) is 1.87. The standard InChI is InChI=1S/C5HN9O6/c15-12(16)5-6-1-2(7-5)4(11-14(19)20)9-8-3(1)10-13(17)18/h(H-2,6,7,8,9,10,11)/q-2. The minimum atomic E-state index is -1.11. The number of fused-ring (bicyclic) bond motifs is 1. The molecule has 2 heterocycles. The van der Waals surface area contributed by atoms with Gasteiger partial charge in [0, 0.05) is 0 Å². The number of aromatic nitrogens is 4. The third kappa shape index (κ3) is 2.30. The predicted octanol–water partition coefficient (Wildman–Crippen LogP) is -0.887. The monoisotopic (exact) mass is 283 g/mol. The first kappa shape index (κ1) is 12.8. The van der Waals surface area contributed by atoms with Crippen LogP contribution in [0.2, 0.25) is 0 Å². The molecule has 20 heavy (non-hydrogen) atoms. The van der Waals surface area contributed by atoms with Gasteiger partial charge in [0.25, 0.3) is 5.95 Å². The van der Waals surface area contributed by atoms with Crippen LogP contribution >= 0.6 is 0 Å². The van der Waals surface area contributed by atoms with Crippen LogP contribution in [0.1, 0.15) is 0 Å². The summed E-state index contributed by atoms with van der Waals surface area (Å²) >= 11 is 0. The Morgan fingerprint density at radius 3 is 2.50 bits per heavy atom. The van der Waals surface area contributed by atoms with Crippen LogP contribution in [0.3, 0.4) is 0 Å². The lowest BCUT2D eigenvalue weighted by Gasteiger charge is -2.04. The van der Waals surface area contributed by atoms with E-state index in [2.05, 4.69) is 25.6 Å². The van der Waals surface area contributed by atoms with Gasteiger partial charge in [-0.15, -0.1) is 5.43 Å². The number of rotatable bonds is 4. The second-order valence-corrected chi connectivity index (χ2v) is 3.05. The summed E-state index contributed by atoms with van der Waals surface area (Å²) in [6.45, 7) is 0. The SMILES string of the molecule is O=[N+]([O-])/N=c1\[nH]nc([N-][N+](=O)[O-])c2nc([N+](=O)[O-])[n-]c12. The lowest BCUT2D eigenvalue weighted by molar-refractivity contribution is -0.490. The van der Waals surface area contributed by atoms with E-state index in [4.69, 9.17) is 0 Å². The Hall–Kier alpha value is -3.65. The molecule has 15 nitrogen and oxygen atoms in total. The Bertz CT molecular complexity index is 788. The zero-order valence-electron chi connectivity index (χ0n) is 9.03. The molecule has 0 bridgehead atoms. The van der Waals surface area contributed by atoms with Gasteiger partial charge in [0.05, 0.1) is 16.0 Å². The summed E-state index contributed by atoms with van der Waals surface area (Å²) < 4.78 is 0. The summed E-state index contributed by atoms with van der Waals surface area (Å²) in [7, 11) is 0. The molecule has 0 unspecified atom stereocenters. The van der Waals surface area contributed by atoms with Gasteiger partial charge in [-0.3, -0.25) is 10.1 Å². The summed E-state index contributed by atoms with van der Waals surface area (Å²) in [6.07, 6.45) is 0. The number of aromatic amines is 1. The van der Waals surface area contributed by atoms with Gasteiger partial charge in [-0.25, -0.2) is 20.1 Å². The predicted molar refractivity (Wildman–Crippen MR) is 56.4 cm³/mol. The Morgan fingerprint density at radius 1 is 1.25 bits per heavy atom. The molecule has 0 spiro atoms. The van der Waals surface area contributed by atoms with Crippen LogP contribution in [0, 0.1) is 30.3 Å². The number of H-pyrrole nitrogens is 1. The molecule has 0 atom stereocenters. The average Bonchev–Trinajstić information content (AvgIpc) is 2.76. The summed E-state index contributed by atoms with van der Waals surface area (Å²) in [5.41, 5.74) is 1.40. The normalized spacial score (nSPS) is 11.5. The molecule has 0 saturated heterocycles. The van der Waals surface area contributed by atoms with Crippen LogP contribution in [0.15, 0.2) is 5.10 Å². The Labute approximate surface area is 105 Å². The fourth-order valence-corrected chi connectivity index (χ4v) is 1.24. The van der Waals surface area contributed by atoms with Gasteiger partial charge in [0.15, 0.2) is 5.03 Å². The molecule has 104 valence electrons. The van der Waals surface area contributed by atoms with E-state index in [0.29, 0.717) is 0 Å². The fraction of sp³-hybridized carbons (Fsp3) is 0. The van der Waals surface area contributed by atoms with Crippen molar-refractivity contribution in [3.05, 3.63) is 41.3 Å². The van der Waals surface area contributed by atoms with E-state index in [0.717, 1.165) is 0 Å². The maximum absolute atomic E-state index is 10.6. The van der Waals surface area contributed by atoms with Crippen molar-refractivity contribution in [1.82, 2.24) is 20.2 Å². The van der Waals surface area contributed by atoms with Gasteiger partial charge in [0.1, 0.15) is 11.0 Å². The molecular weight excluding hydrogens is 282 g/mol. The molecule has 0 aliphatic rings. The van der Waals surface area contributed by atoms with Crippen LogP contribution < -0.4 is 10.5 Å². The minimum absolute atomic E-state index is 0.427. The lowest BCUT2D eigenvalue weighted by Crippen LogP contribution is -2.14. The smallest absolute Gasteiger partial charge is 0.256 e. The van der Waals surface area contributed by atoms with Gasteiger partial charge in [0.2, 0.25) is 5.49 Å². The van der Waals surface area contributed by atoms with Crippen molar-refractivity contribution < 1.29 is 15.0 Å². The molecule has 2 aromatic heterocycles. The molecule has 0 amide bonds. The number of nitrogens with one attached hydrogen (secondary N) is 1. The van der Waals surface area contributed by atoms with E-state index < -0.39 is 43.3 Å². The highest BCUT2D eigenvalue weighted by molar-refractivity contribution is 5.86. The fourth-order valence-electron chi connectivity index (χ4n) is 1.24. The number of nitro groups is 3. The largest absolute Gasteiger partial charge is 0.458 e. The van der Waals surface area contributed by atoms with Gasteiger partial charge >= 0.3 is 0 Å². The van der Waals surface area contributed by atoms with Gasteiger partial charge in [-0.05, 0) is 0 Å². The maximum atomic E-state index is 10.6. The number of nitrogens with zero attached hydrogens (tertiary/aromatic N) is 8. The van der Waals surface area contributed by atoms with Crippen molar-refractivity contribution in [3.63, 3.8) is 0 Å². The molecule has 0 aliphatic heterocycles. The molecular formula is C5HN9O6-2. The summed E-state index contributed by atoms with van der Waals surface area (Å²) in [5.74, 6) is -1.53. The molecule has 15 heteroatoms. The second-order valence-electron chi connectivity index (χ2n) is 3.05. The maximum Gasteiger partial charge on any atom is 0.256 e. The van der Waals surface area contributed by atoms with Gasteiger partial charge < -0.3 is 20.3 Å². The van der Waals surface area contributed by atoms with Gasteiger partial charge in [-0.1, -0.05) is 0 Å². The van der Waals surface area contributed by atoms with E-state index in [-0.39, 0.29) is 0 Å². The highest BCUT2D eigenvalue weighted by Gasteiger charge is 2.12. The Balaban J connectivity index is 2.78. The lowest BCUT2D eigenvalue weighted by atomic mass is 10.4. The number of hydrogen-bond donors (Lipinski definition) is 1. The average molecular weight is 283 g/mol. The zero-order chi connectivity index (χ0) is 14.9. The van der Waals surface area contributed by atoms with E-state index in [1.165, 1.54) is 0 Å². The summed E-state index contributed by atoms with van der Waals surface area (Å²) in [5, 5.41) is 37.1. The molecule has 1 N–H and O–H groups in total. The first-order valence-electron chi connectivity index (χ1n) is 4.51. The van der Waals surface area contributed by atoms with Crippen LogP contribution in [0.5, 0.6) is 0 Å². The molecule has 0 aromatic carbocycles. The summed E-state index contributed by atoms with van der Waals surface area (Å²) in [4.78, 5) is 36.9. The minimum Gasteiger partial charge on any atom is -0.458 e. The zero-order valence-corrected chi connectivity index (χ0v) is 9.03. The van der Waals surface area contributed by atoms with Crippen molar-refractivity contribution in [2.75, 3.05) is 0 Å². The highest BCUT2D eigenvalue weighted by Crippen LogP contribution is 2.23. The molecule has 2 rings (SSSR count). The van der Waals surface area contributed by atoms with Crippen molar-refractivity contribution in [3.8, 4) is 0 Å². The molecule has 2 aromatic rings. The first-order valence-corrected chi connectivity index (χ1v) is 4.51. The summed E-state index contributed by atoms with van der Waals surface area (Å²) in [6, 6.07) is 0. The van der Waals surface area contributed by atoms with Crippen molar-refractivity contribution >= 4 is 22.8 Å². The van der Waals surface area contributed by atoms with E-state index in [1.54, 1.807) is 0 Å². The first-order chi connectivity index (χ1) is 9.38. The molecule has 0 saturated carbocycles. The topological polar surface area (TPSA) is 212 Å². The van der Waals surface area contributed by atoms with Crippen LogP contribution in [-0.4, -0.2) is 30.2 Å². The van der Waals surface area contributed by atoms with Crippen molar-refractivity contribution in [2.24, 2.45) is 5.10 Å². The van der Waals surface area contributed by atoms with Crippen molar-refractivity contribution in [1.29, 1.82) is 0 Å². The highest BCUT2D eigenvalue weighted by atomic mass is 16.7. The van der Waals surface area contributed by atoms with Crippen LogP contribution in [-0.2, 0) is 0 Å². The molecule has 0 aliphatic carbocycles. The van der Waals surface area contributed by atoms with E-state index >= 15 is 0 Å². The number of hydrogen-bond acceptors (Lipinski definition) is 8. The van der Waals surface area contributed by atoms with Crippen LogP contribution in [0.4, 0.5) is 11.8 Å². The second kappa shape index (κ2) is 4.55. The Kier molecular flexibility index (Phi) is 2.91. The molecule has 0 fully saturated rings. The van der Waals surface area contributed by atoms with E-state index in [1.807, 2.05) is 5.10 Å². The third-order valence-corrected chi connectivity index (χ3v) is 1.87. The number of imidazole rings is 1.